The van der Waals surface area contributed by atoms with Crippen LogP contribution in [0.1, 0.15) is 12.8 Å². The van der Waals surface area contributed by atoms with Gasteiger partial charge in [-0.25, -0.2) is 13.4 Å². The number of sulfonamides is 1. The number of amides is 1. The van der Waals surface area contributed by atoms with Crippen molar-refractivity contribution in [1.29, 1.82) is 0 Å². The van der Waals surface area contributed by atoms with Gasteiger partial charge in [-0.15, -0.1) is 0 Å². The molecule has 3 heterocycles. The number of aromatic nitrogens is 2. The molecule has 0 atom stereocenters. The molecule has 0 spiro atoms. The minimum absolute atomic E-state index is 0.00805. The molecule has 1 aromatic carbocycles. The Bertz CT molecular complexity index is 941. The number of hydrogen-bond acceptors (Lipinski definition) is 4. The first-order valence-electron chi connectivity index (χ1n) is 8.31. The van der Waals surface area contributed by atoms with Gasteiger partial charge in [-0.3, -0.25) is 9.69 Å². The molecule has 1 saturated carbocycles. The summed E-state index contributed by atoms with van der Waals surface area (Å²) in [6.45, 7) is 1.97. The van der Waals surface area contributed by atoms with Crippen LogP contribution in [0.4, 0.5) is 5.95 Å². The zero-order valence-electron chi connectivity index (χ0n) is 13.1. The van der Waals surface area contributed by atoms with Crippen LogP contribution >= 0.6 is 0 Å². The number of imidazole rings is 1. The molecule has 2 aromatic rings. The van der Waals surface area contributed by atoms with E-state index >= 15 is 0 Å². The van der Waals surface area contributed by atoms with Crippen LogP contribution in [0.15, 0.2) is 24.3 Å². The van der Waals surface area contributed by atoms with Crippen LogP contribution in [0.25, 0.3) is 11.0 Å². The summed E-state index contributed by atoms with van der Waals surface area (Å²) in [5.74, 6) is 0.431. The van der Waals surface area contributed by atoms with E-state index < -0.39 is 10.0 Å². The van der Waals surface area contributed by atoms with Gasteiger partial charge in [-0.1, -0.05) is 12.1 Å². The molecule has 3 aliphatic rings. The highest BCUT2D eigenvalue weighted by Crippen LogP contribution is 2.36. The van der Waals surface area contributed by atoms with Crippen LogP contribution in [0.3, 0.4) is 0 Å². The molecule has 0 unspecified atom stereocenters. The van der Waals surface area contributed by atoms with Crippen LogP contribution in [0.5, 0.6) is 0 Å². The molecular weight excluding hydrogens is 328 g/mol. The van der Waals surface area contributed by atoms with Crippen molar-refractivity contribution >= 4 is 32.9 Å². The second kappa shape index (κ2) is 4.80. The van der Waals surface area contributed by atoms with Crippen molar-refractivity contribution in [3.8, 4) is 0 Å². The summed E-state index contributed by atoms with van der Waals surface area (Å²) in [4.78, 5) is 19.1. The van der Waals surface area contributed by atoms with Crippen LogP contribution in [0.2, 0.25) is 0 Å². The fraction of sp³-hybridized carbons (Fsp3) is 0.500. The van der Waals surface area contributed by atoms with Gasteiger partial charge in [-0.05, 0) is 25.0 Å². The summed E-state index contributed by atoms with van der Waals surface area (Å²) >= 11 is 0. The summed E-state index contributed by atoms with van der Waals surface area (Å²) in [7, 11) is -3.16. The van der Waals surface area contributed by atoms with E-state index in [2.05, 4.69) is 9.55 Å². The standard InChI is InChI=1S/C16H18N4O3S/c21-15(11-9-18(10-11)24(22,23)12-5-6-12)20-8-7-19-14-4-2-1-3-13(14)17-16(19)20/h1-4,11-12H,5-10H2. The summed E-state index contributed by atoms with van der Waals surface area (Å²) in [5.41, 5.74) is 1.92. The number of carbonyl (C=O) groups is 1. The van der Waals surface area contributed by atoms with Crippen molar-refractivity contribution in [2.45, 2.75) is 24.6 Å². The van der Waals surface area contributed by atoms with E-state index in [0.717, 1.165) is 30.4 Å². The fourth-order valence-electron chi connectivity index (χ4n) is 3.60. The van der Waals surface area contributed by atoms with E-state index in [-0.39, 0.29) is 17.1 Å². The zero-order chi connectivity index (χ0) is 16.5. The predicted molar refractivity (Wildman–Crippen MR) is 89.1 cm³/mol. The summed E-state index contributed by atoms with van der Waals surface area (Å²) in [5, 5.41) is -0.204. The van der Waals surface area contributed by atoms with E-state index in [1.807, 2.05) is 24.3 Å². The van der Waals surface area contributed by atoms with Gasteiger partial charge in [-0.2, -0.15) is 4.31 Å². The molecule has 7 nitrogen and oxygen atoms in total. The average Bonchev–Trinajstić information content (AvgIpc) is 3.20. The third-order valence-corrected chi connectivity index (χ3v) is 7.52. The highest BCUT2D eigenvalue weighted by molar-refractivity contribution is 7.90. The van der Waals surface area contributed by atoms with Crippen LogP contribution in [0, 0.1) is 5.92 Å². The molecule has 1 aromatic heterocycles. The molecule has 5 rings (SSSR count). The monoisotopic (exact) mass is 346 g/mol. The zero-order valence-corrected chi connectivity index (χ0v) is 13.9. The molecule has 126 valence electrons. The van der Waals surface area contributed by atoms with E-state index in [9.17, 15) is 13.2 Å². The van der Waals surface area contributed by atoms with Gasteiger partial charge in [0.1, 0.15) is 0 Å². The Hall–Kier alpha value is -1.93. The van der Waals surface area contributed by atoms with Crippen LogP contribution in [-0.2, 0) is 21.4 Å². The van der Waals surface area contributed by atoms with Gasteiger partial charge in [0, 0.05) is 26.2 Å². The van der Waals surface area contributed by atoms with Gasteiger partial charge in [0.15, 0.2) is 0 Å². The van der Waals surface area contributed by atoms with Gasteiger partial charge in [0.25, 0.3) is 0 Å². The van der Waals surface area contributed by atoms with E-state index in [4.69, 9.17) is 0 Å². The molecule has 1 aliphatic carbocycles. The minimum Gasteiger partial charge on any atom is -0.308 e. The van der Waals surface area contributed by atoms with Gasteiger partial charge >= 0.3 is 0 Å². The normalized spacial score (nSPS) is 21.9. The first-order valence-corrected chi connectivity index (χ1v) is 9.81. The SMILES string of the molecule is O=C(C1CN(S(=O)(=O)C2CC2)C1)N1CCn2c1nc1ccccc12. The topological polar surface area (TPSA) is 75.5 Å². The molecule has 2 aliphatic heterocycles. The van der Waals surface area contributed by atoms with Crippen molar-refractivity contribution in [3.63, 3.8) is 0 Å². The van der Waals surface area contributed by atoms with Crippen LogP contribution < -0.4 is 4.90 Å². The Morgan fingerprint density at radius 2 is 1.88 bits per heavy atom. The molecule has 2 fully saturated rings. The largest absolute Gasteiger partial charge is 0.308 e. The molecule has 0 radical (unpaired) electrons. The first-order chi connectivity index (χ1) is 11.6. The lowest BCUT2D eigenvalue weighted by Gasteiger charge is -2.38. The molecular formula is C16H18N4O3S. The average molecular weight is 346 g/mol. The second-order valence-corrected chi connectivity index (χ2v) is 9.01. The third kappa shape index (κ3) is 1.96. The highest BCUT2D eigenvalue weighted by Gasteiger charge is 2.48. The molecule has 8 heteroatoms. The number of rotatable bonds is 3. The Labute approximate surface area is 139 Å². The molecule has 1 saturated heterocycles. The molecule has 0 N–H and O–H groups in total. The smallest absolute Gasteiger partial charge is 0.235 e. The highest BCUT2D eigenvalue weighted by atomic mass is 32.2. The summed E-state index contributed by atoms with van der Waals surface area (Å²) < 4.78 is 27.9. The van der Waals surface area contributed by atoms with E-state index in [1.165, 1.54) is 4.31 Å². The van der Waals surface area contributed by atoms with E-state index in [0.29, 0.717) is 25.6 Å². The first kappa shape index (κ1) is 14.4. The minimum atomic E-state index is -3.16. The van der Waals surface area contributed by atoms with Crippen molar-refractivity contribution in [2.75, 3.05) is 24.5 Å². The fourth-order valence-corrected chi connectivity index (χ4v) is 5.53. The maximum absolute atomic E-state index is 12.8. The quantitative estimate of drug-likeness (QED) is 0.824. The number of fused-ring (bicyclic) bond motifs is 3. The molecule has 1 amide bonds. The predicted octanol–water partition coefficient (Wildman–Crippen LogP) is 0.807. The van der Waals surface area contributed by atoms with Crippen LogP contribution in [-0.4, -0.2) is 53.1 Å². The lowest BCUT2D eigenvalue weighted by molar-refractivity contribution is -0.125. The number of nitrogens with zero attached hydrogens (tertiary/aromatic N) is 4. The number of carbonyl (C=O) groups excluding carboxylic acids is 1. The van der Waals surface area contributed by atoms with Crippen molar-refractivity contribution in [2.24, 2.45) is 5.92 Å². The number of benzene rings is 1. The Morgan fingerprint density at radius 3 is 2.62 bits per heavy atom. The maximum Gasteiger partial charge on any atom is 0.235 e. The summed E-state index contributed by atoms with van der Waals surface area (Å²) in [6.07, 6.45) is 1.52. The number of hydrogen-bond donors (Lipinski definition) is 0. The number of para-hydroxylation sites is 2. The Morgan fingerprint density at radius 1 is 1.12 bits per heavy atom. The molecule has 24 heavy (non-hydrogen) atoms. The Kier molecular flexibility index (Phi) is 2.88. The third-order valence-electron chi connectivity index (χ3n) is 5.19. The maximum atomic E-state index is 12.8. The summed E-state index contributed by atoms with van der Waals surface area (Å²) in [6, 6.07) is 7.85. The second-order valence-electron chi connectivity index (χ2n) is 6.80. The van der Waals surface area contributed by atoms with Crippen molar-refractivity contribution in [3.05, 3.63) is 24.3 Å². The van der Waals surface area contributed by atoms with Gasteiger partial charge in [0.2, 0.25) is 21.9 Å². The van der Waals surface area contributed by atoms with Gasteiger partial charge in [0.05, 0.1) is 22.2 Å². The number of anilines is 1. The molecule has 0 bridgehead atoms. The van der Waals surface area contributed by atoms with Crippen molar-refractivity contribution < 1.29 is 13.2 Å². The lowest BCUT2D eigenvalue weighted by atomic mass is 10.0. The lowest BCUT2D eigenvalue weighted by Crippen LogP contribution is -2.57. The van der Waals surface area contributed by atoms with Crippen molar-refractivity contribution in [1.82, 2.24) is 13.9 Å². The Balaban J connectivity index is 1.35. The van der Waals surface area contributed by atoms with Gasteiger partial charge < -0.3 is 4.57 Å². The van der Waals surface area contributed by atoms with E-state index in [1.54, 1.807) is 4.90 Å².